The molecule has 0 saturated carbocycles. The highest BCUT2D eigenvalue weighted by Crippen LogP contribution is 2.42. The van der Waals surface area contributed by atoms with Gasteiger partial charge in [-0.15, -0.1) is 22.7 Å². The Hall–Kier alpha value is -6.54. The van der Waals surface area contributed by atoms with Crippen LogP contribution in [0.4, 0.5) is 0 Å². The third-order valence-electron chi connectivity index (χ3n) is 9.77. The fourth-order valence-corrected chi connectivity index (χ4v) is 9.43. The maximum absolute atomic E-state index is 6.12. The molecule has 5 nitrogen and oxygen atoms in total. The Balaban J connectivity index is 1.08. The quantitative estimate of drug-likeness (QED) is 0.178. The molecule has 0 radical (unpaired) electrons. The van der Waals surface area contributed by atoms with Crippen molar-refractivity contribution in [1.82, 2.24) is 19.9 Å². The molecule has 11 aromatic rings. The molecular weight excluding hydrogens is 689 g/mol. The highest BCUT2D eigenvalue weighted by molar-refractivity contribution is 7.26. The van der Waals surface area contributed by atoms with Crippen LogP contribution >= 0.6 is 22.7 Å². The number of benzene rings is 7. The van der Waals surface area contributed by atoms with Crippen LogP contribution in [-0.2, 0) is 0 Å². The molecule has 0 N–H and O–H groups in total. The second kappa shape index (κ2) is 12.0. The SMILES string of the molecule is c1ccc(-c2nc(-c3ccc4sc5ccccc5c4c3)nc(-c3cccc4sc5ccc(-c6cccc(-c7nc8ccccc8o7)c6)cc5c34)n2)cc1. The normalized spacial score (nSPS) is 11.8. The number of hydrogen-bond acceptors (Lipinski definition) is 7. The molecule has 248 valence electrons. The smallest absolute Gasteiger partial charge is 0.227 e. The highest BCUT2D eigenvalue weighted by atomic mass is 32.1. The Kier molecular flexibility index (Phi) is 6.83. The number of fused-ring (bicyclic) bond motifs is 7. The summed E-state index contributed by atoms with van der Waals surface area (Å²) in [5.41, 5.74) is 7.67. The monoisotopic (exact) mass is 714 g/mol. The second-order valence-electron chi connectivity index (χ2n) is 13.0. The molecule has 0 aliphatic carbocycles. The van der Waals surface area contributed by atoms with Gasteiger partial charge in [0.25, 0.3) is 0 Å². The number of hydrogen-bond donors (Lipinski definition) is 0. The predicted octanol–water partition coefficient (Wildman–Crippen LogP) is 13.1. The van der Waals surface area contributed by atoms with E-state index in [0.29, 0.717) is 23.4 Å². The van der Waals surface area contributed by atoms with Crippen molar-refractivity contribution in [2.75, 3.05) is 0 Å². The minimum absolute atomic E-state index is 0.614. The molecule has 0 atom stereocenters. The van der Waals surface area contributed by atoms with Gasteiger partial charge >= 0.3 is 0 Å². The summed E-state index contributed by atoms with van der Waals surface area (Å²) in [4.78, 5) is 20.2. The van der Waals surface area contributed by atoms with Gasteiger partial charge in [-0.3, -0.25) is 0 Å². The van der Waals surface area contributed by atoms with E-state index in [-0.39, 0.29) is 0 Å². The summed E-state index contributed by atoms with van der Waals surface area (Å²) in [6.07, 6.45) is 0. The summed E-state index contributed by atoms with van der Waals surface area (Å²) < 4.78 is 11.0. The number of oxazole rings is 1. The van der Waals surface area contributed by atoms with E-state index < -0.39 is 0 Å². The number of nitrogens with zero attached hydrogens (tertiary/aromatic N) is 4. The van der Waals surface area contributed by atoms with Gasteiger partial charge in [0.1, 0.15) is 5.52 Å². The maximum Gasteiger partial charge on any atom is 0.227 e. The molecular formula is C46H26N4OS2. The van der Waals surface area contributed by atoms with Gasteiger partial charge in [-0.05, 0) is 77.9 Å². The number of para-hydroxylation sites is 2. The second-order valence-corrected chi connectivity index (χ2v) is 15.2. The minimum atomic E-state index is 0.614. The lowest BCUT2D eigenvalue weighted by Crippen LogP contribution is -2.00. The van der Waals surface area contributed by atoms with E-state index in [1.54, 1.807) is 11.3 Å². The summed E-state index contributed by atoms with van der Waals surface area (Å²) in [6.45, 7) is 0. The van der Waals surface area contributed by atoms with E-state index >= 15 is 0 Å². The average molecular weight is 715 g/mol. The van der Waals surface area contributed by atoms with Crippen molar-refractivity contribution in [2.45, 2.75) is 0 Å². The Morgan fingerprint density at radius 1 is 0.377 bits per heavy atom. The van der Waals surface area contributed by atoms with Crippen molar-refractivity contribution in [1.29, 1.82) is 0 Å². The molecule has 4 aromatic heterocycles. The van der Waals surface area contributed by atoms with E-state index in [1.807, 2.05) is 59.9 Å². The lowest BCUT2D eigenvalue weighted by molar-refractivity contribution is 0.620. The summed E-state index contributed by atoms with van der Waals surface area (Å²) in [6, 6.07) is 54.7. The molecule has 0 amide bonds. The Bertz CT molecular complexity index is 3160. The van der Waals surface area contributed by atoms with Gasteiger partial charge in [0.2, 0.25) is 5.89 Å². The molecule has 7 aromatic carbocycles. The van der Waals surface area contributed by atoms with E-state index in [2.05, 4.69) is 109 Å². The van der Waals surface area contributed by atoms with Crippen LogP contribution in [0.15, 0.2) is 162 Å². The Morgan fingerprint density at radius 2 is 1.00 bits per heavy atom. The van der Waals surface area contributed by atoms with Gasteiger partial charge in [-0.2, -0.15) is 0 Å². The third kappa shape index (κ3) is 5.12. The Morgan fingerprint density at radius 3 is 1.91 bits per heavy atom. The fraction of sp³-hybridized carbons (Fsp3) is 0. The first-order valence-corrected chi connectivity index (χ1v) is 19.0. The van der Waals surface area contributed by atoms with Crippen LogP contribution in [0.3, 0.4) is 0 Å². The van der Waals surface area contributed by atoms with E-state index in [1.165, 1.54) is 35.0 Å². The zero-order chi connectivity index (χ0) is 34.9. The molecule has 0 aliphatic heterocycles. The topological polar surface area (TPSA) is 64.7 Å². The van der Waals surface area contributed by atoms with Crippen molar-refractivity contribution in [3.8, 4) is 56.7 Å². The van der Waals surface area contributed by atoms with Crippen LogP contribution in [0.5, 0.6) is 0 Å². The maximum atomic E-state index is 6.12. The van der Waals surface area contributed by atoms with Crippen molar-refractivity contribution >= 4 is 74.1 Å². The molecule has 0 unspecified atom stereocenters. The molecule has 0 spiro atoms. The van der Waals surface area contributed by atoms with Crippen LogP contribution < -0.4 is 0 Å². The first-order valence-electron chi connectivity index (χ1n) is 17.4. The molecule has 4 heterocycles. The molecule has 11 rings (SSSR count). The standard InChI is InChI=1S/C46H26N4OS2/c1-2-10-27(11-3-1)43-48-44(30-21-23-39-34(26-30)32-14-4-7-18-38(32)52-39)50-45(49-43)33-15-9-19-41-42(33)35-25-29(20-22-40(35)53-41)28-12-8-13-31(24-28)46-47-36-16-5-6-17-37(36)51-46/h1-26H. The largest absolute Gasteiger partial charge is 0.436 e. The lowest BCUT2D eigenvalue weighted by atomic mass is 9.99. The highest BCUT2D eigenvalue weighted by Gasteiger charge is 2.18. The van der Waals surface area contributed by atoms with Crippen LogP contribution in [0.2, 0.25) is 0 Å². The summed E-state index contributed by atoms with van der Waals surface area (Å²) in [5.74, 6) is 2.56. The number of aromatic nitrogens is 4. The molecule has 0 aliphatic rings. The van der Waals surface area contributed by atoms with Crippen molar-refractivity contribution < 1.29 is 4.42 Å². The third-order valence-corrected chi connectivity index (χ3v) is 12.1. The van der Waals surface area contributed by atoms with Gasteiger partial charge in [0.05, 0.1) is 0 Å². The lowest BCUT2D eigenvalue weighted by Gasteiger charge is -2.10. The van der Waals surface area contributed by atoms with Crippen LogP contribution in [0, 0.1) is 0 Å². The van der Waals surface area contributed by atoms with E-state index in [0.717, 1.165) is 49.9 Å². The van der Waals surface area contributed by atoms with Crippen LogP contribution in [0.1, 0.15) is 0 Å². The van der Waals surface area contributed by atoms with Gasteiger partial charge in [0, 0.05) is 62.6 Å². The number of thiophene rings is 2. The summed E-state index contributed by atoms with van der Waals surface area (Å²) in [5, 5.41) is 4.77. The Labute approximate surface area is 311 Å². The minimum Gasteiger partial charge on any atom is -0.436 e. The van der Waals surface area contributed by atoms with E-state index in [4.69, 9.17) is 24.4 Å². The molecule has 7 heteroatoms. The van der Waals surface area contributed by atoms with Gasteiger partial charge in [-0.1, -0.05) is 91.0 Å². The fourth-order valence-electron chi connectivity index (χ4n) is 7.23. The molecule has 0 bridgehead atoms. The van der Waals surface area contributed by atoms with Crippen molar-refractivity contribution in [3.63, 3.8) is 0 Å². The first-order chi connectivity index (χ1) is 26.2. The van der Waals surface area contributed by atoms with E-state index in [9.17, 15) is 0 Å². The van der Waals surface area contributed by atoms with Crippen LogP contribution in [-0.4, -0.2) is 19.9 Å². The zero-order valence-electron chi connectivity index (χ0n) is 28.0. The average Bonchev–Trinajstić information content (AvgIpc) is 3.94. The molecule has 53 heavy (non-hydrogen) atoms. The molecule has 0 saturated heterocycles. The van der Waals surface area contributed by atoms with Gasteiger partial charge < -0.3 is 4.42 Å². The molecule has 0 fully saturated rings. The summed E-state index contributed by atoms with van der Waals surface area (Å²) in [7, 11) is 0. The summed E-state index contributed by atoms with van der Waals surface area (Å²) >= 11 is 3.60. The van der Waals surface area contributed by atoms with Crippen molar-refractivity contribution in [2.24, 2.45) is 0 Å². The van der Waals surface area contributed by atoms with Gasteiger partial charge in [-0.25, -0.2) is 19.9 Å². The predicted molar refractivity (Wildman–Crippen MR) is 220 cm³/mol. The van der Waals surface area contributed by atoms with Crippen molar-refractivity contribution in [3.05, 3.63) is 158 Å². The number of rotatable bonds is 5. The van der Waals surface area contributed by atoms with Gasteiger partial charge in [0.15, 0.2) is 23.1 Å². The first kappa shape index (κ1) is 30.1. The zero-order valence-corrected chi connectivity index (χ0v) is 29.7. The van der Waals surface area contributed by atoms with Crippen LogP contribution in [0.25, 0.3) is 108 Å².